The third-order valence-electron chi connectivity index (χ3n) is 2.37. The molecule has 2 aromatic rings. The zero-order valence-electron chi connectivity index (χ0n) is 9.86. The quantitative estimate of drug-likeness (QED) is 0.784. The summed E-state index contributed by atoms with van der Waals surface area (Å²) in [5, 5.41) is 0. The molecule has 20 heavy (non-hydrogen) atoms. The molecule has 0 radical (unpaired) electrons. The summed E-state index contributed by atoms with van der Waals surface area (Å²) in [6.45, 7) is 0.0563. The molecule has 0 atom stereocenters. The lowest BCUT2D eigenvalue weighted by molar-refractivity contribution is 0.484. The van der Waals surface area contributed by atoms with E-state index in [0.29, 0.717) is 10.2 Å². The number of sulfonamides is 1. The highest BCUT2D eigenvalue weighted by molar-refractivity contribution is 9.10. The van der Waals surface area contributed by atoms with Crippen LogP contribution in [0.3, 0.4) is 0 Å². The Morgan fingerprint density at radius 1 is 1.30 bits per heavy atom. The second kappa shape index (κ2) is 5.84. The van der Waals surface area contributed by atoms with Crippen LogP contribution in [0.15, 0.2) is 42.7 Å². The first kappa shape index (κ1) is 15.5. The van der Waals surface area contributed by atoms with Gasteiger partial charge in [0.15, 0.2) is 4.67 Å². The van der Waals surface area contributed by atoms with E-state index in [2.05, 4.69) is 36.6 Å². The Kier molecular flexibility index (Phi) is 4.52. The number of nitrogens with one attached hydrogen (secondary N) is 1. The van der Waals surface area contributed by atoms with Gasteiger partial charge in [0.1, 0.15) is 16.5 Å². The Balaban J connectivity index is 2.38. The first-order chi connectivity index (χ1) is 9.33. The number of halogens is 3. The van der Waals surface area contributed by atoms with Crippen molar-refractivity contribution in [1.82, 2.24) is 0 Å². The number of hydrogen-bond donors (Lipinski definition) is 2. The lowest BCUT2D eigenvalue weighted by atomic mass is 10.3. The number of benzene rings is 1. The highest BCUT2D eigenvalue weighted by atomic mass is 79.9. The Hall–Kier alpha value is -0.900. The van der Waals surface area contributed by atoms with E-state index in [-0.39, 0.29) is 21.8 Å². The standard InChI is InChI=1S/C11H9Br2FN2O3S/c12-6-1-2-9(8(14)3-6)16-20(17,18)10-4-7(5-15)19-11(10)13/h1-4,16H,5,15H2. The van der Waals surface area contributed by atoms with Crippen molar-refractivity contribution in [3.63, 3.8) is 0 Å². The van der Waals surface area contributed by atoms with Crippen LogP contribution in [0.2, 0.25) is 0 Å². The Morgan fingerprint density at radius 3 is 2.55 bits per heavy atom. The van der Waals surface area contributed by atoms with Gasteiger partial charge in [0.05, 0.1) is 12.2 Å². The fraction of sp³-hybridized carbons (Fsp3) is 0.0909. The normalized spacial score (nSPS) is 11.6. The number of nitrogens with two attached hydrogens (primary N) is 1. The maximum atomic E-state index is 13.7. The monoisotopic (exact) mass is 426 g/mol. The SMILES string of the molecule is NCc1cc(S(=O)(=O)Nc2ccc(Br)cc2F)c(Br)o1. The molecule has 0 fully saturated rings. The first-order valence-corrected chi connectivity index (χ1v) is 8.36. The van der Waals surface area contributed by atoms with Crippen LogP contribution in [0.25, 0.3) is 0 Å². The molecule has 0 unspecified atom stereocenters. The molecule has 0 spiro atoms. The van der Waals surface area contributed by atoms with Crippen LogP contribution in [0, 0.1) is 5.82 Å². The van der Waals surface area contributed by atoms with E-state index in [4.69, 9.17) is 10.2 Å². The van der Waals surface area contributed by atoms with Gasteiger partial charge in [-0.15, -0.1) is 0 Å². The van der Waals surface area contributed by atoms with Gasteiger partial charge in [0.2, 0.25) is 0 Å². The van der Waals surface area contributed by atoms with Crippen molar-refractivity contribution in [1.29, 1.82) is 0 Å². The molecule has 1 aromatic heterocycles. The molecule has 0 saturated carbocycles. The lowest BCUT2D eigenvalue weighted by Gasteiger charge is -2.07. The van der Waals surface area contributed by atoms with E-state index < -0.39 is 15.8 Å². The van der Waals surface area contributed by atoms with E-state index in [0.717, 1.165) is 6.07 Å². The molecule has 0 bridgehead atoms. The van der Waals surface area contributed by atoms with Gasteiger partial charge in [-0.2, -0.15) is 0 Å². The number of anilines is 1. The van der Waals surface area contributed by atoms with Crippen LogP contribution in [0.5, 0.6) is 0 Å². The predicted molar refractivity (Wildman–Crippen MR) is 79.2 cm³/mol. The summed E-state index contributed by atoms with van der Waals surface area (Å²) in [7, 11) is -3.97. The van der Waals surface area contributed by atoms with Crippen LogP contribution in [0.4, 0.5) is 10.1 Å². The van der Waals surface area contributed by atoms with Gasteiger partial charge in [-0.1, -0.05) is 15.9 Å². The van der Waals surface area contributed by atoms with Gasteiger partial charge in [0, 0.05) is 10.5 Å². The van der Waals surface area contributed by atoms with Crippen molar-refractivity contribution in [2.75, 3.05) is 4.72 Å². The predicted octanol–water partition coefficient (Wildman–Crippen LogP) is 3.20. The summed E-state index contributed by atoms with van der Waals surface area (Å²) < 4.78 is 45.8. The first-order valence-electron chi connectivity index (χ1n) is 5.29. The van der Waals surface area contributed by atoms with Gasteiger partial charge in [-0.05, 0) is 34.1 Å². The van der Waals surface area contributed by atoms with Crippen LogP contribution >= 0.6 is 31.9 Å². The molecule has 1 heterocycles. The van der Waals surface area contributed by atoms with E-state index in [1.54, 1.807) is 0 Å². The molecule has 3 N–H and O–H groups in total. The van der Waals surface area contributed by atoms with E-state index in [1.807, 2.05) is 0 Å². The third kappa shape index (κ3) is 3.22. The topological polar surface area (TPSA) is 85.3 Å². The molecule has 5 nitrogen and oxygen atoms in total. The molecular formula is C11H9Br2FN2O3S. The van der Waals surface area contributed by atoms with Crippen molar-refractivity contribution in [2.45, 2.75) is 11.4 Å². The maximum absolute atomic E-state index is 13.7. The zero-order chi connectivity index (χ0) is 14.9. The summed E-state index contributed by atoms with van der Waals surface area (Å²) in [5.74, 6) is -0.393. The van der Waals surface area contributed by atoms with Gasteiger partial charge in [-0.3, -0.25) is 4.72 Å². The molecule has 0 aliphatic heterocycles. The van der Waals surface area contributed by atoms with Crippen molar-refractivity contribution >= 4 is 47.6 Å². The summed E-state index contributed by atoms with van der Waals surface area (Å²) in [6, 6.07) is 5.28. The second-order valence-corrected chi connectivity index (χ2v) is 7.07. The van der Waals surface area contributed by atoms with E-state index >= 15 is 0 Å². The molecule has 0 aliphatic carbocycles. The van der Waals surface area contributed by atoms with Gasteiger partial charge in [0.25, 0.3) is 10.0 Å². The maximum Gasteiger partial charge on any atom is 0.266 e. The Bertz CT molecular complexity index is 746. The third-order valence-corrected chi connectivity index (χ3v) is 5.09. The molecule has 108 valence electrons. The van der Waals surface area contributed by atoms with Crippen molar-refractivity contribution < 1.29 is 17.2 Å². The molecule has 0 aliphatic rings. The van der Waals surface area contributed by atoms with E-state index in [1.165, 1.54) is 18.2 Å². The van der Waals surface area contributed by atoms with Crippen molar-refractivity contribution in [3.05, 3.63) is 45.0 Å². The van der Waals surface area contributed by atoms with Gasteiger partial charge >= 0.3 is 0 Å². The van der Waals surface area contributed by atoms with Crippen molar-refractivity contribution in [3.8, 4) is 0 Å². The van der Waals surface area contributed by atoms with Crippen LogP contribution in [-0.2, 0) is 16.6 Å². The van der Waals surface area contributed by atoms with Crippen LogP contribution in [0.1, 0.15) is 5.76 Å². The minimum Gasteiger partial charge on any atom is -0.452 e. The summed E-state index contributed by atoms with van der Waals surface area (Å²) in [5.41, 5.74) is 5.22. The summed E-state index contributed by atoms with van der Waals surface area (Å²) in [6.07, 6.45) is 0. The minimum atomic E-state index is -3.97. The number of furan rings is 1. The Labute approximate surface area is 131 Å². The van der Waals surface area contributed by atoms with Crippen LogP contribution in [-0.4, -0.2) is 8.42 Å². The fourth-order valence-corrected chi connectivity index (χ4v) is 3.85. The fourth-order valence-electron chi connectivity index (χ4n) is 1.45. The lowest BCUT2D eigenvalue weighted by Crippen LogP contribution is -2.13. The Morgan fingerprint density at radius 2 is 2.00 bits per heavy atom. The molecule has 2 rings (SSSR count). The van der Waals surface area contributed by atoms with Gasteiger partial charge < -0.3 is 10.2 Å². The largest absolute Gasteiger partial charge is 0.452 e. The molecule has 1 aromatic carbocycles. The zero-order valence-corrected chi connectivity index (χ0v) is 13.8. The van der Waals surface area contributed by atoms with Crippen molar-refractivity contribution in [2.24, 2.45) is 5.73 Å². The highest BCUT2D eigenvalue weighted by Crippen LogP contribution is 2.29. The average Bonchev–Trinajstić information content (AvgIpc) is 2.75. The summed E-state index contributed by atoms with van der Waals surface area (Å²) in [4.78, 5) is -0.139. The number of hydrogen-bond acceptors (Lipinski definition) is 4. The molecule has 0 saturated heterocycles. The minimum absolute atomic E-state index is 0.0166. The molecule has 9 heteroatoms. The second-order valence-electron chi connectivity index (χ2n) is 3.78. The average molecular weight is 428 g/mol. The molecule has 0 amide bonds. The number of rotatable bonds is 4. The van der Waals surface area contributed by atoms with E-state index in [9.17, 15) is 12.8 Å². The highest BCUT2D eigenvalue weighted by Gasteiger charge is 2.23. The summed E-state index contributed by atoms with van der Waals surface area (Å²) >= 11 is 6.09. The smallest absolute Gasteiger partial charge is 0.266 e. The molecular weight excluding hydrogens is 419 g/mol. The van der Waals surface area contributed by atoms with Crippen LogP contribution < -0.4 is 10.5 Å². The van der Waals surface area contributed by atoms with Gasteiger partial charge in [-0.25, -0.2) is 12.8 Å².